The third-order valence-electron chi connectivity index (χ3n) is 8.49. The second-order valence-electron chi connectivity index (χ2n) is 12.4. The maximum atomic E-state index is 13.6. The van der Waals surface area contributed by atoms with Gasteiger partial charge in [-0.25, -0.2) is 0 Å². The van der Waals surface area contributed by atoms with Gasteiger partial charge in [-0.15, -0.1) is 0 Å². The molecule has 248 valence electrons. The molecule has 0 bridgehead atoms. The van der Waals surface area contributed by atoms with Crippen molar-refractivity contribution in [1.29, 1.82) is 0 Å². The van der Waals surface area contributed by atoms with E-state index in [0.717, 1.165) is 57.8 Å². The molecule has 0 aliphatic rings. The summed E-state index contributed by atoms with van der Waals surface area (Å²) < 4.78 is 5.67. The fourth-order valence-corrected chi connectivity index (χ4v) is 5.68. The molecule has 0 rings (SSSR count). The standard InChI is InChI=1S/C36H68O6/c1-4-7-10-13-16-19-22-25-28-32(38)36(34(40)31-37,33(39)29-26-23-20-17-14-11-8-5-2)42-35(41)30-27-24-21-18-15-12-9-6-3/h34,37,40H,4-31H2,1-3H3. The monoisotopic (exact) mass is 597 g/mol. The molecule has 6 heteroatoms. The van der Waals surface area contributed by atoms with Gasteiger partial charge in [-0.2, -0.15) is 0 Å². The van der Waals surface area contributed by atoms with Crippen molar-refractivity contribution < 1.29 is 29.3 Å². The Balaban J connectivity index is 5.15. The number of hydrogen-bond donors (Lipinski definition) is 2. The van der Waals surface area contributed by atoms with Crippen LogP contribution in [0.3, 0.4) is 0 Å². The Bertz CT molecular complexity index is 629. The summed E-state index contributed by atoms with van der Waals surface area (Å²) in [6.07, 6.45) is 23.9. The Morgan fingerprint density at radius 1 is 0.500 bits per heavy atom. The molecular weight excluding hydrogens is 528 g/mol. The molecule has 0 aromatic carbocycles. The molecule has 0 aliphatic heterocycles. The summed E-state index contributed by atoms with van der Waals surface area (Å²) in [6.45, 7) is 5.77. The fraction of sp³-hybridized carbons (Fsp3) is 0.917. The lowest BCUT2D eigenvalue weighted by Crippen LogP contribution is -2.60. The predicted molar refractivity (Wildman–Crippen MR) is 174 cm³/mol. The summed E-state index contributed by atoms with van der Waals surface area (Å²) in [5.41, 5.74) is -2.30. The number of ketones is 2. The largest absolute Gasteiger partial charge is 0.440 e. The smallest absolute Gasteiger partial charge is 0.307 e. The fourth-order valence-electron chi connectivity index (χ4n) is 5.68. The van der Waals surface area contributed by atoms with Crippen LogP contribution in [0.25, 0.3) is 0 Å². The van der Waals surface area contributed by atoms with Crippen molar-refractivity contribution in [3.63, 3.8) is 0 Å². The molecule has 1 atom stereocenters. The van der Waals surface area contributed by atoms with Gasteiger partial charge in [0.05, 0.1) is 6.61 Å². The third kappa shape index (κ3) is 19.1. The third-order valence-corrected chi connectivity index (χ3v) is 8.49. The SMILES string of the molecule is CCCCCCCCCCC(=O)OC(C(=O)CCCCCCCCCC)(C(=O)CCCCCCCCCC)C(O)CO. The molecule has 0 amide bonds. The van der Waals surface area contributed by atoms with Crippen LogP contribution in [0.1, 0.15) is 194 Å². The Kier molecular flexibility index (Phi) is 27.6. The van der Waals surface area contributed by atoms with Crippen molar-refractivity contribution in [2.75, 3.05) is 6.61 Å². The van der Waals surface area contributed by atoms with E-state index in [1.165, 1.54) is 77.0 Å². The number of carbonyl (C=O) groups excluding carboxylic acids is 3. The first-order chi connectivity index (χ1) is 20.4. The molecule has 6 nitrogen and oxygen atoms in total. The van der Waals surface area contributed by atoms with E-state index in [-0.39, 0.29) is 19.3 Å². The van der Waals surface area contributed by atoms with Gasteiger partial charge in [-0.3, -0.25) is 14.4 Å². The van der Waals surface area contributed by atoms with Gasteiger partial charge in [0.2, 0.25) is 0 Å². The molecule has 0 aliphatic carbocycles. The second-order valence-corrected chi connectivity index (χ2v) is 12.4. The van der Waals surface area contributed by atoms with Crippen molar-refractivity contribution >= 4 is 17.5 Å². The summed E-state index contributed by atoms with van der Waals surface area (Å²) in [6, 6.07) is 0. The van der Waals surface area contributed by atoms with Gasteiger partial charge in [0.25, 0.3) is 5.60 Å². The van der Waals surface area contributed by atoms with Crippen LogP contribution in [-0.2, 0) is 19.1 Å². The van der Waals surface area contributed by atoms with E-state index >= 15 is 0 Å². The number of carbonyl (C=O) groups is 3. The van der Waals surface area contributed by atoms with Crippen LogP contribution in [0, 0.1) is 0 Å². The Hall–Kier alpha value is -1.27. The maximum absolute atomic E-state index is 13.6. The van der Waals surface area contributed by atoms with Gasteiger partial charge in [0, 0.05) is 19.3 Å². The molecule has 0 saturated heterocycles. The van der Waals surface area contributed by atoms with Crippen LogP contribution < -0.4 is 0 Å². The van der Waals surface area contributed by atoms with E-state index in [1.54, 1.807) is 0 Å². The highest BCUT2D eigenvalue weighted by Crippen LogP contribution is 2.27. The summed E-state index contributed by atoms with van der Waals surface area (Å²) in [5, 5.41) is 20.7. The summed E-state index contributed by atoms with van der Waals surface area (Å²) in [7, 11) is 0. The van der Waals surface area contributed by atoms with Gasteiger partial charge in [-0.05, 0) is 19.3 Å². The average molecular weight is 597 g/mol. The molecule has 0 heterocycles. The molecule has 0 aromatic heterocycles. The minimum atomic E-state index is -2.30. The quantitative estimate of drug-likeness (QED) is 0.0456. The Labute approximate surface area is 259 Å². The average Bonchev–Trinajstić information content (AvgIpc) is 2.99. The van der Waals surface area contributed by atoms with Crippen molar-refractivity contribution in [2.45, 2.75) is 206 Å². The number of unbranched alkanes of at least 4 members (excludes halogenated alkanes) is 21. The van der Waals surface area contributed by atoms with Gasteiger partial charge in [0.15, 0.2) is 11.6 Å². The second kappa shape index (κ2) is 28.5. The van der Waals surface area contributed by atoms with Crippen LogP contribution >= 0.6 is 0 Å². The van der Waals surface area contributed by atoms with Gasteiger partial charge in [-0.1, -0.05) is 156 Å². The van der Waals surface area contributed by atoms with Crippen LogP contribution in [0.5, 0.6) is 0 Å². The minimum absolute atomic E-state index is 0.0558. The predicted octanol–water partition coefficient (Wildman–Crippen LogP) is 9.35. The van der Waals surface area contributed by atoms with Crippen LogP contribution in [-0.4, -0.2) is 46.1 Å². The molecule has 2 N–H and O–H groups in total. The van der Waals surface area contributed by atoms with E-state index in [2.05, 4.69) is 20.8 Å². The number of ether oxygens (including phenoxy) is 1. The first-order valence-electron chi connectivity index (χ1n) is 18.0. The van der Waals surface area contributed by atoms with Crippen molar-refractivity contribution in [1.82, 2.24) is 0 Å². The lowest BCUT2D eigenvalue weighted by molar-refractivity contribution is -0.188. The number of Topliss-reactive ketones (excluding diaryl/α,β-unsaturated/α-hetero) is 2. The Morgan fingerprint density at radius 2 is 0.786 bits per heavy atom. The molecule has 0 radical (unpaired) electrons. The van der Waals surface area contributed by atoms with Crippen molar-refractivity contribution in [3.05, 3.63) is 0 Å². The summed E-state index contributed by atoms with van der Waals surface area (Å²) >= 11 is 0. The Morgan fingerprint density at radius 3 is 1.10 bits per heavy atom. The van der Waals surface area contributed by atoms with E-state index in [9.17, 15) is 24.6 Å². The van der Waals surface area contributed by atoms with Gasteiger partial charge in [0.1, 0.15) is 6.10 Å². The lowest BCUT2D eigenvalue weighted by atomic mass is 9.82. The minimum Gasteiger partial charge on any atom is -0.440 e. The van der Waals surface area contributed by atoms with Crippen LogP contribution in [0.15, 0.2) is 0 Å². The van der Waals surface area contributed by atoms with Gasteiger partial charge < -0.3 is 14.9 Å². The normalized spacial score (nSPS) is 12.4. The van der Waals surface area contributed by atoms with E-state index in [0.29, 0.717) is 19.3 Å². The zero-order chi connectivity index (χ0) is 31.3. The van der Waals surface area contributed by atoms with Crippen LogP contribution in [0.2, 0.25) is 0 Å². The number of aliphatic hydroxyl groups excluding tert-OH is 2. The molecule has 0 fully saturated rings. The van der Waals surface area contributed by atoms with Gasteiger partial charge >= 0.3 is 5.97 Å². The highest BCUT2D eigenvalue weighted by molar-refractivity contribution is 6.12. The molecular formula is C36H68O6. The highest BCUT2D eigenvalue weighted by atomic mass is 16.6. The highest BCUT2D eigenvalue weighted by Gasteiger charge is 2.53. The van der Waals surface area contributed by atoms with Crippen molar-refractivity contribution in [3.8, 4) is 0 Å². The van der Waals surface area contributed by atoms with Crippen LogP contribution in [0.4, 0.5) is 0 Å². The summed E-state index contributed by atoms with van der Waals surface area (Å²) in [4.78, 5) is 40.1. The van der Waals surface area contributed by atoms with E-state index < -0.39 is 35.8 Å². The number of aliphatic hydroxyl groups is 2. The van der Waals surface area contributed by atoms with E-state index in [4.69, 9.17) is 4.74 Å². The molecule has 1 unspecified atom stereocenters. The first kappa shape index (κ1) is 40.7. The van der Waals surface area contributed by atoms with Crippen molar-refractivity contribution in [2.24, 2.45) is 0 Å². The number of hydrogen-bond acceptors (Lipinski definition) is 6. The molecule has 42 heavy (non-hydrogen) atoms. The molecule has 0 saturated carbocycles. The first-order valence-corrected chi connectivity index (χ1v) is 18.0. The number of rotatable bonds is 32. The molecule has 0 spiro atoms. The maximum Gasteiger partial charge on any atom is 0.307 e. The van der Waals surface area contributed by atoms with E-state index in [1.807, 2.05) is 0 Å². The zero-order valence-corrected chi connectivity index (χ0v) is 27.9. The summed E-state index contributed by atoms with van der Waals surface area (Å²) in [5.74, 6) is -1.77. The topological polar surface area (TPSA) is 101 Å². The molecule has 0 aromatic rings. The number of esters is 1. The lowest BCUT2D eigenvalue weighted by Gasteiger charge is -2.34. The zero-order valence-electron chi connectivity index (χ0n) is 27.9.